The topological polar surface area (TPSA) is 17.1 Å². The van der Waals surface area contributed by atoms with E-state index < -0.39 is 0 Å². The Morgan fingerprint density at radius 1 is 1.00 bits per heavy atom. The van der Waals surface area contributed by atoms with Gasteiger partial charge in [-0.25, -0.2) is 0 Å². The molecule has 1 nitrogen and oxygen atoms in total. The van der Waals surface area contributed by atoms with Crippen molar-refractivity contribution in [2.75, 3.05) is 0 Å². The maximum atomic E-state index is 12.5. The molecule has 2 aromatic rings. The van der Waals surface area contributed by atoms with Gasteiger partial charge in [0.15, 0.2) is 5.78 Å². The van der Waals surface area contributed by atoms with E-state index in [0.717, 1.165) is 12.0 Å². The highest BCUT2D eigenvalue weighted by Gasteiger charge is 2.14. The SMILES string of the molecule is CCCCC=CC(CC(=O)c1ccccc1)c1ccccc1. The quantitative estimate of drug-likeness (QED) is 0.342. The van der Waals surface area contributed by atoms with Gasteiger partial charge in [0.05, 0.1) is 0 Å². The highest BCUT2D eigenvalue weighted by atomic mass is 16.1. The summed E-state index contributed by atoms with van der Waals surface area (Å²) in [6, 6.07) is 19.9. The van der Waals surface area contributed by atoms with Gasteiger partial charge < -0.3 is 0 Å². The third-order valence-corrected chi connectivity index (χ3v) is 3.82. The minimum Gasteiger partial charge on any atom is -0.294 e. The number of carbonyl (C=O) groups is 1. The zero-order valence-corrected chi connectivity index (χ0v) is 13.2. The van der Waals surface area contributed by atoms with Crippen LogP contribution in [0.25, 0.3) is 0 Å². The number of unbranched alkanes of at least 4 members (excludes halogenated alkanes) is 2. The van der Waals surface area contributed by atoms with Crippen LogP contribution in [0.4, 0.5) is 0 Å². The second-order valence-electron chi connectivity index (χ2n) is 5.58. The molecule has 1 unspecified atom stereocenters. The molecule has 0 aliphatic carbocycles. The lowest BCUT2D eigenvalue weighted by Gasteiger charge is -2.13. The van der Waals surface area contributed by atoms with Gasteiger partial charge in [-0.3, -0.25) is 4.79 Å². The Hall–Kier alpha value is -2.15. The summed E-state index contributed by atoms with van der Waals surface area (Å²) in [5.74, 6) is 0.361. The smallest absolute Gasteiger partial charge is 0.163 e. The van der Waals surface area contributed by atoms with Crippen molar-refractivity contribution in [3.63, 3.8) is 0 Å². The van der Waals surface area contributed by atoms with E-state index in [9.17, 15) is 4.79 Å². The molecule has 22 heavy (non-hydrogen) atoms. The monoisotopic (exact) mass is 292 g/mol. The first-order chi connectivity index (χ1) is 10.8. The summed E-state index contributed by atoms with van der Waals surface area (Å²) in [6.45, 7) is 2.20. The Morgan fingerprint density at radius 2 is 1.64 bits per heavy atom. The van der Waals surface area contributed by atoms with Gasteiger partial charge in [0.2, 0.25) is 0 Å². The minimum atomic E-state index is 0.158. The third kappa shape index (κ3) is 5.00. The van der Waals surface area contributed by atoms with E-state index in [0.29, 0.717) is 6.42 Å². The number of carbonyl (C=O) groups excluding carboxylic acids is 1. The molecule has 2 aromatic carbocycles. The van der Waals surface area contributed by atoms with Gasteiger partial charge >= 0.3 is 0 Å². The van der Waals surface area contributed by atoms with Crippen LogP contribution in [-0.4, -0.2) is 5.78 Å². The van der Waals surface area contributed by atoms with Gasteiger partial charge in [-0.05, 0) is 12.0 Å². The third-order valence-electron chi connectivity index (χ3n) is 3.82. The average Bonchev–Trinajstić information content (AvgIpc) is 2.59. The second kappa shape index (κ2) is 8.99. The Morgan fingerprint density at radius 3 is 2.27 bits per heavy atom. The maximum Gasteiger partial charge on any atom is 0.163 e. The molecule has 0 aliphatic heterocycles. The predicted octanol–water partition coefficient (Wildman–Crippen LogP) is 5.79. The van der Waals surface area contributed by atoms with E-state index >= 15 is 0 Å². The molecule has 0 saturated heterocycles. The van der Waals surface area contributed by atoms with Crippen molar-refractivity contribution in [3.05, 3.63) is 83.9 Å². The molecule has 0 aliphatic rings. The largest absolute Gasteiger partial charge is 0.294 e. The first-order valence-corrected chi connectivity index (χ1v) is 8.11. The van der Waals surface area contributed by atoms with E-state index in [1.807, 2.05) is 48.5 Å². The van der Waals surface area contributed by atoms with E-state index in [-0.39, 0.29) is 11.7 Å². The van der Waals surface area contributed by atoms with E-state index in [1.54, 1.807) is 0 Å². The predicted molar refractivity (Wildman–Crippen MR) is 93.2 cm³/mol. The normalized spacial score (nSPS) is 12.4. The molecule has 1 heteroatoms. The molecule has 0 spiro atoms. The fraction of sp³-hybridized carbons (Fsp3) is 0.286. The van der Waals surface area contributed by atoms with Gasteiger partial charge in [0.1, 0.15) is 0 Å². The van der Waals surface area contributed by atoms with Crippen LogP contribution in [0.1, 0.15) is 54.4 Å². The molecule has 0 fully saturated rings. The second-order valence-corrected chi connectivity index (χ2v) is 5.58. The molecule has 0 N–H and O–H groups in total. The van der Waals surface area contributed by atoms with Crippen molar-refractivity contribution in [2.24, 2.45) is 0 Å². The summed E-state index contributed by atoms with van der Waals surface area (Å²) >= 11 is 0. The van der Waals surface area contributed by atoms with Crippen LogP contribution >= 0.6 is 0 Å². The molecule has 0 amide bonds. The van der Waals surface area contributed by atoms with Gasteiger partial charge in [0.25, 0.3) is 0 Å². The fourth-order valence-electron chi connectivity index (χ4n) is 2.52. The first kappa shape index (κ1) is 16.2. The highest BCUT2D eigenvalue weighted by Crippen LogP contribution is 2.23. The maximum absolute atomic E-state index is 12.5. The lowest BCUT2D eigenvalue weighted by atomic mass is 9.91. The Labute approximate surface area is 133 Å². The van der Waals surface area contributed by atoms with Gasteiger partial charge in [-0.2, -0.15) is 0 Å². The number of Topliss-reactive ketones (excluding diaryl/α,β-unsaturated/α-hetero) is 1. The Kier molecular flexibility index (Phi) is 6.63. The average molecular weight is 292 g/mol. The van der Waals surface area contributed by atoms with Crippen LogP contribution in [0.2, 0.25) is 0 Å². The lowest BCUT2D eigenvalue weighted by Crippen LogP contribution is -2.06. The zero-order valence-electron chi connectivity index (χ0n) is 13.2. The van der Waals surface area contributed by atoms with Crippen molar-refractivity contribution >= 4 is 5.78 Å². The van der Waals surface area contributed by atoms with Gasteiger partial charge in [-0.1, -0.05) is 92.6 Å². The molecule has 0 bridgehead atoms. The molecule has 0 saturated carbocycles. The van der Waals surface area contributed by atoms with Crippen molar-refractivity contribution < 1.29 is 4.79 Å². The van der Waals surface area contributed by atoms with E-state index in [4.69, 9.17) is 0 Å². The van der Waals surface area contributed by atoms with Crippen molar-refractivity contribution in [3.8, 4) is 0 Å². The molecule has 0 aromatic heterocycles. The van der Waals surface area contributed by atoms with Crippen LogP contribution in [0.5, 0.6) is 0 Å². The summed E-state index contributed by atoms with van der Waals surface area (Å²) < 4.78 is 0. The first-order valence-electron chi connectivity index (χ1n) is 8.11. The van der Waals surface area contributed by atoms with Crippen molar-refractivity contribution in [1.82, 2.24) is 0 Å². The number of rotatable bonds is 8. The number of hydrogen-bond donors (Lipinski definition) is 0. The summed E-state index contributed by atoms with van der Waals surface area (Å²) in [6.07, 6.45) is 8.43. The minimum absolute atomic E-state index is 0.158. The van der Waals surface area contributed by atoms with Crippen LogP contribution in [0, 0.1) is 0 Å². The van der Waals surface area contributed by atoms with Gasteiger partial charge in [-0.15, -0.1) is 0 Å². The number of benzene rings is 2. The molecular formula is C21H24O. The Balaban J connectivity index is 2.11. The molecule has 1 atom stereocenters. The van der Waals surface area contributed by atoms with Crippen molar-refractivity contribution in [1.29, 1.82) is 0 Å². The van der Waals surface area contributed by atoms with E-state index in [2.05, 4.69) is 31.2 Å². The fourth-order valence-corrected chi connectivity index (χ4v) is 2.52. The number of allylic oxidation sites excluding steroid dienone is 2. The standard InChI is InChI=1S/C21H24O/c1-2-3-4-7-16-20(18-12-8-5-9-13-18)17-21(22)19-14-10-6-11-15-19/h5-16,20H,2-4,17H2,1H3. The van der Waals surface area contributed by atoms with Crippen molar-refractivity contribution in [2.45, 2.75) is 38.5 Å². The van der Waals surface area contributed by atoms with E-state index in [1.165, 1.54) is 18.4 Å². The van der Waals surface area contributed by atoms with Crippen LogP contribution in [-0.2, 0) is 0 Å². The highest BCUT2D eigenvalue weighted by molar-refractivity contribution is 5.96. The summed E-state index contributed by atoms with van der Waals surface area (Å²) in [5.41, 5.74) is 2.00. The zero-order chi connectivity index (χ0) is 15.6. The summed E-state index contributed by atoms with van der Waals surface area (Å²) in [7, 11) is 0. The molecule has 0 radical (unpaired) electrons. The van der Waals surface area contributed by atoms with Gasteiger partial charge in [0, 0.05) is 17.9 Å². The van der Waals surface area contributed by atoms with Crippen LogP contribution < -0.4 is 0 Å². The number of ketones is 1. The molecule has 0 heterocycles. The summed E-state index contributed by atoms with van der Waals surface area (Å²) in [4.78, 5) is 12.5. The van der Waals surface area contributed by atoms with Crippen LogP contribution in [0.15, 0.2) is 72.8 Å². The lowest BCUT2D eigenvalue weighted by molar-refractivity contribution is 0.0978. The summed E-state index contributed by atoms with van der Waals surface area (Å²) in [5, 5.41) is 0. The number of hydrogen-bond acceptors (Lipinski definition) is 1. The Bertz CT molecular complexity index is 584. The molecule has 114 valence electrons. The molecular weight excluding hydrogens is 268 g/mol. The van der Waals surface area contributed by atoms with Crippen LogP contribution in [0.3, 0.4) is 0 Å². The molecule has 2 rings (SSSR count).